The van der Waals surface area contributed by atoms with Crippen molar-refractivity contribution in [2.24, 2.45) is 29.6 Å². The predicted octanol–water partition coefficient (Wildman–Crippen LogP) is 2.49. The van der Waals surface area contributed by atoms with Crippen LogP contribution in [0.2, 0.25) is 0 Å². The van der Waals surface area contributed by atoms with Crippen LogP contribution < -0.4 is 5.32 Å². The number of fused-ring (bicyclic) bond motifs is 5. The third-order valence-electron chi connectivity index (χ3n) is 7.41. The van der Waals surface area contributed by atoms with E-state index in [-0.39, 0.29) is 41.5 Å². The van der Waals surface area contributed by atoms with Crippen molar-refractivity contribution >= 4 is 17.7 Å². The Morgan fingerprint density at radius 1 is 1.04 bits per heavy atom. The number of hydrogen-bond donors (Lipinski definition) is 1. The van der Waals surface area contributed by atoms with E-state index in [9.17, 15) is 14.4 Å². The van der Waals surface area contributed by atoms with Crippen LogP contribution in [0.25, 0.3) is 0 Å². The minimum atomic E-state index is -0.0419. The highest BCUT2D eigenvalue weighted by molar-refractivity contribution is 6.06. The molecule has 2 heterocycles. The molecule has 0 unspecified atom stereocenters. The minimum Gasteiger partial charge on any atom is -0.467 e. The predicted molar refractivity (Wildman–Crippen MR) is 96.0 cm³/mol. The highest BCUT2D eigenvalue weighted by Gasteiger charge is 2.61. The van der Waals surface area contributed by atoms with Gasteiger partial charge in [-0.2, -0.15) is 0 Å². The van der Waals surface area contributed by atoms with Crippen molar-refractivity contribution in [1.29, 1.82) is 0 Å². The molecule has 6 nitrogen and oxygen atoms in total. The SMILES string of the molecule is O=C(NCc1ccco1)C1CCC(N2C(=O)[C@@H]3[C@@H]4CC[C@H](C4)[C@@H]3C2=O)CC1. The Morgan fingerprint density at radius 2 is 1.70 bits per heavy atom. The van der Waals surface area contributed by atoms with Gasteiger partial charge in [-0.05, 0) is 68.9 Å². The molecule has 4 fully saturated rings. The lowest BCUT2D eigenvalue weighted by Gasteiger charge is -2.33. The van der Waals surface area contributed by atoms with Crippen LogP contribution in [0.15, 0.2) is 22.8 Å². The molecule has 1 N–H and O–H groups in total. The number of imide groups is 1. The van der Waals surface area contributed by atoms with Crippen LogP contribution in [0.3, 0.4) is 0 Å². The van der Waals surface area contributed by atoms with Crippen LogP contribution in [-0.4, -0.2) is 28.7 Å². The first kappa shape index (κ1) is 17.0. The van der Waals surface area contributed by atoms with Gasteiger partial charge in [-0.1, -0.05) is 0 Å². The summed E-state index contributed by atoms with van der Waals surface area (Å²) in [5.74, 6) is 1.71. The highest BCUT2D eigenvalue weighted by Crippen LogP contribution is 2.56. The average Bonchev–Trinajstić information content (AvgIpc) is 3.45. The van der Waals surface area contributed by atoms with Crippen LogP contribution in [0.5, 0.6) is 0 Å². The maximum absolute atomic E-state index is 13.0. The van der Waals surface area contributed by atoms with Crippen molar-refractivity contribution in [1.82, 2.24) is 10.2 Å². The lowest BCUT2D eigenvalue weighted by molar-refractivity contribution is -0.144. The number of furan rings is 1. The first-order valence-corrected chi connectivity index (χ1v) is 10.3. The standard InChI is InChI=1S/C21H26N2O4/c24-19(22-11-16-2-1-9-27-16)12-5-7-15(8-6-12)23-20(25)17-13-3-4-14(10-13)18(17)21(23)26/h1-2,9,12-15,17-18H,3-8,10-11H2,(H,22,24)/t12?,13-,14-,15?,17-,18+/m1/s1. The van der Waals surface area contributed by atoms with Crippen LogP contribution in [0.1, 0.15) is 50.7 Å². The lowest BCUT2D eigenvalue weighted by atomic mass is 9.81. The number of carbonyl (C=O) groups is 3. The molecule has 1 aromatic rings. The molecule has 3 amide bonds. The molecule has 0 radical (unpaired) electrons. The van der Waals surface area contributed by atoms with E-state index < -0.39 is 0 Å². The summed E-state index contributed by atoms with van der Waals surface area (Å²) >= 11 is 0. The van der Waals surface area contributed by atoms with E-state index >= 15 is 0 Å². The number of nitrogens with zero attached hydrogens (tertiary/aromatic N) is 1. The zero-order valence-electron chi connectivity index (χ0n) is 15.4. The van der Waals surface area contributed by atoms with E-state index in [1.54, 1.807) is 17.2 Å². The van der Waals surface area contributed by atoms with Gasteiger partial charge in [0.15, 0.2) is 0 Å². The third kappa shape index (κ3) is 2.72. The molecule has 6 heteroatoms. The van der Waals surface area contributed by atoms with Gasteiger partial charge < -0.3 is 9.73 Å². The summed E-state index contributed by atoms with van der Waals surface area (Å²) in [5.41, 5.74) is 0. The molecule has 144 valence electrons. The quantitative estimate of drug-likeness (QED) is 0.826. The van der Waals surface area contributed by atoms with Crippen molar-refractivity contribution in [3.8, 4) is 0 Å². The van der Waals surface area contributed by atoms with E-state index in [1.165, 1.54) is 0 Å². The number of likely N-dealkylation sites (tertiary alicyclic amines) is 1. The van der Waals surface area contributed by atoms with Gasteiger partial charge in [0.1, 0.15) is 5.76 Å². The van der Waals surface area contributed by atoms with E-state index in [1.807, 2.05) is 6.07 Å². The molecule has 27 heavy (non-hydrogen) atoms. The molecule has 3 aliphatic carbocycles. The molecule has 1 saturated heterocycles. The van der Waals surface area contributed by atoms with Crippen molar-refractivity contribution in [3.05, 3.63) is 24.2 Å². The Bertz CT molecular complexity index is 722. The van der Waals surface area contributed by atoms with Gasteiger partial charge in [0.25, 0.3) is 0 Å². The van der Waals surface area contributed by atoms with Crippen molar-refractivity contribution in [2.45, 2.75) is 57.5 Å². The Kier molecular flexibility index (Phi) is 4.10. The van der Waals surface area contributed by atoms with Gasteiger partial charge in [-0.25, -0.2) is 0 Å². The number of rotatable bonds is 4. The summed E-state index contributed by atoms with van der Waals surface area (Å²) in [7, 11) is 0. The zero-order valence-corrected chi connectivity index (χ0v) is 15.4. The number of nitrogens with one attached hydrogen (secondary N) is 1. The van der Waals surface area contributed by atoms with Gasteiger partial charge in [0.05, 0.1) is 24.6 Å². The average molecular weight is 370 g/mol. The van der Waals surface area contributed by atoms with Crippen LogP contribution in [0, 0.1) is 29.6 Å². The van der Waals surface area contributed by atoms with Crippen LogP contribution >= 0.6 is 0 Å². The topological polar surface area (TPSA) is 79.6 Å². The third-order valence-corrected chi connectivity index (χ3v) is 7.41. The Balaban J connectivity index is 1.18. The first-order chi connectivity index (χ1) is 13.1. The van der Waals surface area contributed by atoms with Gasteiger partial charge in [-0.3, -0.25) is 19.3 Å². The zero-order chi connectivity index (χ0) is 18.5. The van der Waals surface area contributed by atoms with Crippen LogP contribution in [-0.2, 0) is 20.9 Å². The molecule has 5 rings (SSSR count). The number of amides is 3. The number of carbonyl (C=O) groups excluding carboxylic acids is 3. The molecule has 1 aliphatic heterocycles. The van der Waals surface area contributed by atoms with Crippen LogP contribution in [0.4, 0.5) is 0 Å². The molecule has 4 aliphatic rings. The van der Waals surface area contributed by atoms with Gasteiger partial charge in [-0.15, -0.1) is 0 Å². The Morgan fingerprint density at radius 3 is 2.30 bits per heavy atom. The summed E-state index contributed by atoms with van der Waals surface area (Å²) in [6, 6.07) is 3.63. The van der Waals surface area contributed by atoms with Crippen molar-refractivity contribution in [2.75, 3.05) is 0 Å². The molecule has 3 saturated carbocycles. The van der Waals surface area contributed by atoms with E-state index in [0.717, 1.165) is 50.7 Å². The Hall–Kier alpha value is -2.11. The van der Waals surface area contributed by atoms with E-state index in [2.05, 4.69) is 5.32 Å². The smallest absolute Gasteiger partial charge is 0.233 e. The fourth-order valence-electron chi connectivity index (χ4n) is 6.12. The molecule has 2 bridgehead atoms. The summed E-state index contributed by atoms with van der Waals surface area (Å²) in [5, 5.41) is 2.93. The van der Waals surface area contributed by atoms with Gasteiger partial charge in [0.2, 0.25) is 17.7 Å². The summed E-state index contributed by atoms with van der Waals surface area (Å²) in [6.45, 7) is 0.404. The largest absolute Gasteiger partial charge is 0.467 e. The normalized spacial score (nSPS) is 37.7. The van der Waals surface area contributed by atoms with Gasteiger partial charge in [0, 0.05) is 12.0 Å². The summed E-state index contributed by atoms with van der Waals surface area (Å²) in [6.07, 6.45) is 7.84. The van der Waals surface area contributed by atoms with E-state index in [0.29, 0.717) is 18.4 Å². The maximum atomic E-state index is 13.0. The summed E-state index contributed by atoms with van der Waals surface area (Å²) < 4.78 is 5.24. The molecule has 0 aromatic carbocycles. The number of hydrogen-bond acceptors (Lipinski definition) is 4. The van der Waals surface area contributed by atoms with E-state index in [4.69, 9.17) is 4.42 Å². The molecule has 0 spiro atoms. The van der Waals surface area contributed by atoms with Gasteiger partial charge >= 0.3 is 0 Å². The lowest BCUT2D eigenvalue weighted by Crippen LogP contribution is -2.45. The molecule has 4 atom stereocenters. The monoisotopic (exact) mass is 370 g/mol. The fraction of sp³-hybridized carbons (Fsp3) is 0.667. The fourth-order valence-corrected chi connectivity index (χ4v) is 6.12. The highest BCUT2D eigenvalue weighted by atomic mass is 16.3. The molecule has 1 aromatic heterocycles. The second-order valence-electron chi connectivity index (χ2n) is 8.73. The molecular weight excluding hydrogens is 344 g/mol. The van der Waals surface area contributed by atoms with Crippen molar-refractivity contribution < 1.29 is 18.8 Å². The second kappa shape index (κ2) is 6.50. The minimum absolute atomic E-state index is 0.0101. The van der Waals surface area contributed by atoms with Crippen molar-refractivity contribution in [3.63, 3.8) is 0 Å². The first-order valence-electron chi connectivity index (χ1n) is 10.3. The summed E-state index contributed by atoms with van der Waals surface area (Å²) in [4.78, 5) is 39.9. The maximum Gasteiger partial charge on any atom is 0.233 e. The molecular formula is C21H26N2O4. The second-order valence-corrected chi connectivity index (χ2v) is 8.73. The Labute approximate surface area is 158 Å².